The number of benzene rings is 1. The maximum Gasteiger partial charge on any atom is 0.244 e. The van der Waals surface area contributed by atoms with E-state index in [1.807, 2.05) is 6.92 Å². The van der Waals surface area contributed by atoms with E-state index < -0.39 is 5.72 Å². The van der Waals surface area contributed by atoms with E-state index in [-0.39, 0.29) is 11.9 Å². The van der Waals surface area contributed by atoms with Gasteiger partial charge in [0.2, 0.25) is 5.72 Å². The Morgan fingerprint density at radius 3 is 2.43 bits per heavy atom. The number of hydrazine groups is 1. The Bertz CT molecular complexity index is 626. The van der Waals surface area contributed by atoms with E-state index in [1.165, 1.54) is 24.5 Å². The van der Waals surface area contributed by atoms with Gasteiger partial charge in [-0.2, -0.15) is 5.26 Å². The van der Waals surface area contributed by atoms with E-state index >= 15 is 0 Å². The quantitative estimate of drug-likeness (QED) is 0.443. The summed E-state index contributed by atoms with van der Waals surface area (Å²) in [4.78, 5) is 3.84. The maximum atomic E-state index is 12.9. The van der Waals surface area contributed by atoms with Crippen molar-refractivity contribution in [3.63, 3.8) is 0 Å². The third-order valence-corrected chi connectivity index (χ3v) is 3.10. The van der Waals surface area contributed by atoms with Gasteiger partial charge < -0.3 is 5.11 Å². The second kappa shape index (κ2) is 6.41. The minimum Gasteiger partial charge on any atom is -0.359 e. The highest BCUT2D eigenvalue weighted by molar-refractivity contribution is 5.25. The summed E-state index contributed by atoms with van der Waals surface area (Å²) < 4.78 is 12.9. The van der Waals surface area contributed by atoms with E-state index in [0.29, 0.717) is 5.56 Å². The maximum absolute atomic E-state index is 12.9. The van der Waals surface area contributed by atoms with Gasteiger partial charge in [0.25, 0.3) is 0 Å². The predicted molar refractivity (Wildman–Crippen MR) is 74.8 cm³/mol. The summed E-state index contributed by atoms with van der Waals surface area (Å²) in [6.07, 6.45) is 2.98. The van der Waals surface area contributed by atoms with Crippen molar-refractivity contribution >= 4 is 0 Å². The molecule has 2 atom stereocenters. The number of aliphatic hydroxyl groups is 1. The molecule has 0 bridgehead atoms. The molecule has 0 saturated carbocycles. The van der Waals surface area contributed by atoms with Crippen molar-refractivity contribution in [2.45, 2.75) is 18.7 Å². The zero-order chi connectivity index (χ0) is 15.3. The van der Waals surface area contributed by atoms with Crippen LogP contribution < -0.4 is 10.9 Å². The van der Waals surface area contributed by atoms with Crippen LogP contribution >= 0.6 is 0 Å². The Labute approximate surface area is 122 Å². The van der Waals surface area contributed by atoms with Gasteiger partial charge in [0, 0.05) is 24.0 Å². The number of aromatic nitrogens is 1. The Morgan fingerprint density at radius 2 is 1.86 bits per heavy atom. The molecule has 2 aromatic rings. The van der Waals surface area contributed by atoms with E-state index in [1.54, 1.807) is 30.3 Å². The first kappa shape index (κ1) is 15.1. The highest BCUT2D eigenvalue weighted by Crippen LogP contribution is 2.17. The topological polar surface area (TPSA) is 81.0 Å². The van der Waals surface area contributed by atoms with Crippen LogP contribution in [0.5, 0.6) is 0 Å². The van der Waals surface area contributed by atoms with Gasteiger partial charge in [-0.3, -0.25) is 4.98 Å². The molecule has 0 fully saturated rings. The lowest BCUT2D eigenvalue weighted by Crippen LogP contribution is -2.49. The van der Waals surface area contributed by atoms with Gasteiger partial charge in [-0.25, -0.2) is 15.2 Å². The number of nitrogens with zero attached hydrogens (tertiary/aromatic N) is 2. The van der Waals surface area contributed by atoms with Crippen molar-refractivity contribution in [1.82, 2.24) is 15.8 Å². The van der Waals surface area contributed by atoms with Gasteiger partial charge in [0.15, 0.2) is 0 Å². The lowest BCUT2D eigenvalue weighted by molar-refractivity contribution is 0.0381. The fraction of sp³-hybridized carbons (Fsp3) is 0.200. The highest BCUT2D eigenvalue weighted by Gasteiger charge is 2.29. The van der Waals surface area contributed by atoms with Crippen LogP contribution in [0.25, 0.3) is 0 Å². The molecular formula is C15H15FN4O. The first-order valence-corrected chi connectivity index (χ1v) is 6.37. The standard InChI is InChI=1S/C15H15FN4O/c1-11(12-2-4-14(16)5-3-12)19-20-15(21,10-17)13-6-8-18-9-7-13/h2-9,11,19-21H,1H3. The van der Waals surface area contributed by atoms with Crippen LogP contribution in [0.4, 0.5) is 4.39 Å². The largest absolute Gasteiger partial charge is 0.359 e. The molecule has 0 radical (unpaired) electrons. The van der Waals surface area contributed by atoms with Crippen LogP contribution in [0.3, 0.4) is 0 Å². The summed E-state index contributed by atoms with van der Waals surface area (Å²) in [6.45, 7) is 1.82. The smallest absolute Gasteiger partial charge is 0.244 e. The Hall–Kier alpha value is -2.33. The van der Waals surface area contributed by atoms with Crippen LogP contribution in [-0.4, -0.2) is 10.1 Å². The van der Waals surface area contributed by atoms with Gasteiger partial charge in [-0.15, -0.1) is 0 Å². The Kier molecular flexibility index (Phi) is 4.60. The third-order valence-electron chi connectivity index (χ3n) is 3.10. The van der Waals surface area contributed by atoms with E-state index in [0.717, 1.165) is 5.56 Å². The molecule has 21 heavy (non-hydrogen) atoms. The summed E-state index contributed by atoms with van der Waals surface area (Å²) in [5, 5.41) is 19.5. The summed E-state index contributed by atoms with van der Waals surface area (Å²) in [5.41, 5.74) is 4.76. The summed E-state index contributed by atoms with van der Waals surface area (Å²) in [6, 6.07) is 10.6. The predicted octanol–water partition coefficient (Wildman–Crippen LogP) is 1.74. The number of nitriles is 1. The van der Waals surface area contributed by atoms with Gasteiger partial charge >= 0.3 is 0 Å². The number of hydrogen-bond acceptors (Lipinski definition) is 5. The third kappa shape index (κ3) is 3.61. The van der Waals surface area contributed by atoms with Crippen LogP contribution in [0.15, 0.2) is 48.8 Å². The minimum absolute atomic E-state index is 0.229. The normalized spacial score (nSPS) is 15.0. The van der Waals surface area contributed by atoms with Crippen LogP contribution in [0.2, 0.25) is 0 Å². The molecule has 6 heteroatoms. The average molecular weight is 286 g/mol. The summed E-state index contributed by atoms with van der Waals surface area (Å²) >= 11 is 0. The first-order chi connectivity index (χ1) is 10.0. The van der Waals surface area contributed by atoms with Crippen molar-refractivity contribution < 1.29 is 9.50 Å². The number of hydrogen-bond donors (Lipinski definition) is 3. The molecule has 0 aliphatic heterocycles. The fourth-order valence-electron chi connectivity index (χ4n) is 1.81. The molecule has 0 spiro atoms. The molecule has 3 N–H and O–H groups in total. The van der Waals surface area contributed by atoms with Crippen LogP contribution in [0.1, 0.15) is 24.1 Å². The molecule has 2 unspecified atom stereocenters. The van der Waals surface area contributed by atoms with Crippen molar-refractivity contribution in [2.24, 2.45) is 0 Å². The molecule has 5 nitrogen and oxygen atoms in total. The molecule has 0 aliphatic rings. The van der Waals surface area contributed by atoms with Crippen molar-refractivity contribution in [2.75, 3.05) is 0 Å². The fourth-order valence-corrected chi connectivity index (χ4v) is 1.81. The molecule has 0 saturated heterocycles. The second-order valence-corrected chi connectivity index (χ2v) is 4.60. The minimum atomic E-state index is -1.88. The number of nitrogens with one attached hydrogen (secondary N) is 2. The number of halogens is 1. The molecule has 0 aliphatic carbocycles. The van der Waals surface area contributed by atoms with Crippen molar-refractivity contribution in [1.29, 1.82) is 5.26 Å². The van der Waals surface area contributed by atoms with E-state index in [2.05, 4.69) is 15.8 Å². The molecule has 1 aromatic heterocycles. The lowest BCUT2D eigenvalue weighted by Gasteiger charge is -2.25. The first-order valence-electron chi connectivity index (χ1n) is 6.37. The second-order valence-electron chi connectivity index (χ2n) is 4.60. The van der Waals surface area contributed by atoms with Crippen molar-refractivity contribution in [3.8, 4) is 6.07 Å². The van der Waals surface area contributed by atoms with E-state index in [9.17, 15) is 14.8 Å². The Morgan fingerprint density at radius 1 is 1.24 bits per heavy atom. The monoisotopic (exact) mass is 286 g/mol. The van der Waals surface area contributed by atoms with Crippen LogP contribution in [0, 0.1) is 17.1 Å². The van der Waals surface area contributed by atoms with Gasteiger partial charge in [0.05, 0.1) is 0 Å². The SMILES string of the molecule is CC(NNC(O)(C#N)c1ccncc1)c1ccc(F)cc1. The number of rotatable bonds is 5. The average Bonchev–Trinajstić information content (AvgIpc) is 2.54. The highest BCUT2D eigenvalue weighted by atomic mass is 19.1. The molecule has 1 aromatic carbocycles. The van der Waals surface area contributed by atoms with E-state index in [4.69, 9.17) is 0 Å². The summed E-state index contributed by atoms with van der Waals surface area (Å²) in [5.74, 6) is -0.316. The number of pyridine rings is 1. The van der Waals surface area contributed by atoms with Gasteiger partial charge in [-0.1, -0.05) is 12.1 Å². The van der Waals surface area contributed by atoms with Gasteiger partial charge in [-0.05, 0) is 36.8 Å². The van der Waals surface area contributed by atoms with Gasteiger partial charge in [0.1, 0.15) is 11.9 Å². The Balaban J connectivity index is 2.07. The molecule has 108 valence electrons. The molecular weight excluding hydrogens is 271 g/mol. The zero-order valence-electron chi connectivity index (χ0n) is 11.4. The molecule has 2 rings (SSSR count). The molecule has 1 heterocycles. The van der Waals surface area contributed by atoms with Crippen molar-refractivity contribution in [3.05, 3.63) is 65.7 Å². The van der Waals surface area contributed by atoms with Crippen LogP contribution in [-0.2, 0) is 5.72 Å². The zero-order valence-corrected chi connectivity index (χ0v) is 11.4. The lowest BCUT2D eigenvalue weighted by atomic mass is 10.1. The summed E-state index contributed by atoms with van der Waals surface area (Å²) in [7, 11) is 0. The molecule has 0 amide bonds.